The average molecular weight is 573 g/mol. The van der Waals surface area contributed by atoms with Crippen LogP contribution >= 0.6 is 0 Å². The van der Waals surface area contributed by atoms with Crippen molar-refractivity contribution in [2.45, 2.75) is 38.5 Å². The van der Waals surface area contributed by atoms with Gasteiger partial charge in [-0.05, 0) is 61.9 Å². The zero-order valence-electron chi connectivity index (χ0n) is 23.4. The van der Waals surface area contributed by atoms with E-state index in [0.29, 0.717) is 17.7 Å². The molecule has 0 unspecified atom stereocenters. The van der Waals surface area contributed by atoms with E-state index in [4.69, 9.17) is 9.84 Å². The number of hydrogen-bond donors (Lipinski definition) is 2. The van der Waals surface area contributed by atoms with E-state index in [9.17, 15) is 29.1 Å². The number of methoxy groups -OCH3 is 1. The number of carbonyl (C=O) groups excluding carboxylic acids is 4. The van der Waals surface area contributed by atoms with Gasteiger partial charge in [0, 0.05) is 18.9 Å². The standard InChI is InChI=1S/C32H32N2O8/c1-32-22(29(39)34(31(32)41)18-7-4-3-5-8-18)16-21-19(27(32)17-10-13-23(35)24(15-17)42-2)11-12-20-26(21)30(40)33(28(20)38)14-6-9-25(36)37/h3-5,7-8,10-11,13,15,20-22,26-27,35H,6,9,12,14,16H2,1-2H3,(H,36,37)/t20-,21+,22-,26-,27-,32+/m0/s1. The fourth-order valence-electron chi connectivity index (χ4n) is 7.77. The number of imide groups is 2. The molecule has 4 aliphatic rings. The molecule has 0 aromatic heterocycles. The number of anilines is 1. The fourth-order valence-corrected chi connectivity index (χ4v) is 7.77. The average Bonchev–Trinajstić information content (AvgIpc) is 3.33. The van der Waals surface area contributed by atoms with E-state index in [-0.39, 0.29) is 60.9 Å². The number of carbonyl (C=O) groups is 5. The van der Waals surface area contributed by atoms with Crippen LogP contribution in [-0.4, -0.2) is 58.4 Å². The van der Waals surface area contributed by atoms with Gasteiger partial charge in [-0.2, -0.15) is 0 Å². The first-order valence-corrected chi connectivity index (χ1v) is 14.2. The zero-order chi connectivity index (χ0) is 29.9. The molecule has 2 N–H and O–H groups in total. The zero-order valence-corrected chi connectivity index (χ0v) is 23.4. The molecule has 2 saturated heterocycles. The van der Waals surface area contributed by atoms with E-state index < -0.39 is 41.0 Å². The number of hydrogen-bond acceptors (Lipinski definition) is 7. The molecule has 6 rings (SSSR count). The Morgan fingerprint density at radius 1 is 1.02 bits per heavy atom. The van der Waals surface area contributed by atoms with Crippen LogP contribution in [0.3, 0.4) is 0 Å². The number of likely N-dealkylation sites (tertiary alicyclic amines) is 1. The van der Waals surface area contributed by atoms with Crippen LogP contribution in [0.2, 0.25) is 0 Å². The predicted molar refractivity (Wildman–Crippen MR) is 149 cm³/mol. The quantitative estimate of drug-likeness (QED) is 0.379. The third kappa shape index (κ3) is 3.95. The summed E-state index contributed by atoms with van der Waals surface area (Å²) in [6.07, 6.45) is 2.48. The number of phenolic OH excluding ortho intramolecular Hbond substituents is 1. The first-order valence-electron chi connectivity index (χ1n) is 14.2. The molecule has 3 fully saturated rings. The molecule has 2 aromatic rings. The predicted octanol–water partition coefficient (Wildman–Crippen LogP) is 3.50. The second-order valence-electron chi connectivity index (χ2n) is 11.8. The Hall–Kier alpha value is -4.47. The molecule has 10 nitrogen and oxygen atoms in total. The number of nitrogens with zero attached hydrogens (tertiary/aromatic N) is 2. The second-order valence-corrected chi connectivity index (χ2v) is 11.8. The molecular formula is C32H32N2O8. The minimum atomic E-state index is -1.20. The number of amides is 4. The molecule has 4 amide bonds. The van der Waals surface area contributed by atoms with Crippen molar-refractivity contribution in [1.82, 2.24) is 4.90 Å². The summed E-state index contributed by atoms with van der Waals surface area (Å²) in [6, 6.07) is 13.6. The van der Waals surface area contributed by atoms with E-state index in [1.807, 2.05) is 6.08 Å². The van der Waals surface area contributed by atoms with E-state index in [0.717, 1.165) is 5.57 Å². The molecule has 2 aliphatic carbocycles. The largest absolute Gasteiger partial charge is 0.504 e. The highest BCUT2D eigenvalue weighted by Gasteiger charge is 2.67. The Balaban J connectivity index is 1.46. The topological polar surface area (TPSA) is 142 Å². The smallest absolute Gasteiger partial charge is 0.303 e. The molecule has 218 valence electrons. The minimum absolute atomic E-state index is 0.0257. The number of aliphatic carboxylic acids is 1. The molecule has 10 heteroatoms. The summed E-state index contributed by atoms with van der Waals surface area (Å²) in [4.78, 5) is 69.1. The van der Waals surface area contributed by atoms with Gasteiger partial charge in [0.05, 0.1) is 36.0 Å². The number of aromatic hydroxyl groups is 1. The van der Waals surface area contributed by atoms with Crippen molar-refractivity contribution in [3.05, 3.63) is 65.7 Å². The highest BCUT2D eigenvalue weighted by atomic mass is 16.5. The number of ether oxygens (including phenoxy) is 1. The van der Waals surface area contributed by atoms with E-state index in [2.05, 4.69) is 0 Å². The lowest BCUT2D eigenvalue weighted by atomic mass is 9.51. The van der Waals surface area contributed by atoms with Crippen LogP contribution in [0.1, 0.15) is 44.1 Å². The van der Waals surface area contributed by atoms with Crippen LogP contribution in [0.4, 0.5) is 5.69 Å². The first kappa shape index (κ1) is 27.7. The molecule has 2 heterocycles. The summed E-state index contributed by atoms with van der Waals surface area (Å²) in [7, 11) is 1.43. The van der Waals surface area contributed by atoms with Gasteiger partial charge in [0.15, 0.2) is 11.5 Å². The van der Waals surface area contributed by atoms with Crippen molar-refractivity contribution >= 4 is 35.3 Å². The van der Waals surface area contributed by atoms with Crippen LogP contribution in [0, 0.1) is 29.1 Å². The summed E-state index contributed by atoms with van der Waals surface area (Å²) in [5.74, 6) is -5.37. The number of para-hydroxylation sites is 1. The lowest BCUT2D eigenvalue weighted by molar-refractivity contribution is -0.142. The van der Waals surface area contributed by atoms with E-state index >= 15 is 0 Å². The van der Waals surface area contributed by atoms with Gasteiger partial charge < -0.3 is 14.9 Å². The maximum Gasteiger partial charge on any atom is 0.303 e. The van der Waals surface area contributed by atoms with Crippen LogP contribution in [-0.2, 0) is 24.0 Å². The number of allylic oxidation sites excluding steroid dienone is 2. The lowest BCUT2D eigenvalue weighted by Crippen LogP contribution is -2.48. The van der Waals surface area contributed by atoms with Crippen molar-refractivity contribution in [2.24, 2.45) is 29.1 Å². The number of carboxylic acids is 1. The minimum Gasteiger partial charge on any atom is -0.504 e. The number of benzene rings is 2. The molecule has 0 radical (unpaired) electrons. The van der Waals surface area contributed by atoms with Crippen molar-refractivity contribution < 1.29 is 38.9 Å². The Bertz CT molecular complexity index is 1530. The van der Waals surface area contributed by atoms with Gasteiger partial charge in [-0.1, -0.05) is 35.9 Å². The summed E-state index contributed by atoms with van der Waals surface area (Å²) < 4.78 is 5.39. The summed E-state index contributed by atoms with van der Waals surface area (Å²) in [5, 5.41) is 19.4. The summed E-state index contributed by atoms with van der Waals surface area (Å²) in [5.41, 5.74) is 0.762. The van der Waals surface area contributed by atoms with Gasteiger partial charge in [-0.3, -0.25) is 28.9 Å². The molecular weight excluding hydrogens is 540 g/mol. The number of rotatable bonds is 7. The van der Waals surface area contributed by atoms with Crippen molar-refractivity contribution in [1.29, 1.82) is 0 Å². The maximum atomic E-state index is 14.3. The Labute approximate surface area is 242 Å². The molecule has 42 heavy (non-hydrogen) atoms. The Morgan fingerprint density at radius 3 is 2.45 bits per heavy atom. The van der Waals surface area contributed by atoms with Gasteiger partial charge in [0.25, 0.3) is 0 Å². The van der Waals surface area contributed by atoms with Gasteiger partial charge in [-0.15, -0.1) is 0 Å². The lowest BCUT2D eigenvalue weighted by Gasteiger charge is -2.49. The third-order valence-corrected chi connectivity index (χ3v) is 9.69. The molecule has 0 spiro atoms. The van der Waals surface area contributed by atoms with E-state index in [1.165, 1.54) is 23.0 Å². The second kappa shape index (κ2) is 10.1. The highest BCUT2D eigenvalue weighted by Crippen LogP contribution is 2.63. The van der Waals surface area contributed by atoms with Crippen LogP contribution in [0.25, 0.3) is 0 Å². The third-order valence-electron chi connectivity index (χ3n) is 9.69. The molecule has 6 atom stereocenters. The van der Waals surface area contributed by atoms with Crippen molar-refractivity contribution in [3.63, 3.8) is 0 Å². The first-order chi connectivity index (χ1) is 20.1. The highest BCUT2D eigenvalue weighted by molar-refractivity contribution is 6.24. The van der Waals surface area contributed by atoms with Gasteiger partial charge in [0.2, 0.25) is 23.6 Å². The number of phenols is 1. The molecule has 2 aliphatic heterocycles. The maximum absolute atomic E-state index is 14.3. The summed E-state index contributed by atoms with van der Waals surface area (Å²) in [6.45, 7) is 1.83. The number of fused-ring (bicyclic) bond motifs is 4. The Kier molecular flexibility index (Phi) is 6.67. The van der Waals surface area contributed by atoms with Gasteiger partial charge >= 0.3 is 5.97 Å². The van der Waals surface area contributed by atoms with Crippen LogP contribution < -0.4 is 9.64 Å². The van der Waals surface area contributed by atoms with Gasteiger partial charge in [0.1, 0.15) is 0 Å². The van der Waals surface area contributed by atoms with Gasteiger partial charge in [-0.25, -0.2) is 4.90 Å². The SMILES string of the molecule is COc1cc([C@H]2C3=CC[C@@H]4C(=O)N(CCCC(=O)O)C(=O)[C@@H]4[C@@H]3C[C@H]3C(=O)N(c4ccccc4)C(=O)[C@@]23C)ccc1O. The van der Waals surface area contributed by atoms with Crippen LogP contribution in [0.15, 0.2) is 60.2 Å². The number of carboxylic acid groups (broad SMARTS) is 1. The van der Waals surface area contributed by atoms with Crippen molar-refractivity contribution in [2.75, 3.05) is 18.6 Å². The molecule has 0 bridgehead atoms. The molecule has 2 aromatic carbocycles. The Morgan fingerprint density at radius 2 is 1.76 bits per heavy atom. The van der Waals surface area contributed by atoms with Crippen LogP contribution in [0.5, 0.6) is 11.5 Å². The van der Waals surface area contributed by atoms with E-state index in [1.54, 1.807) is 49.4 Å². The fraction of sp³-hybridized carbons (Fsp3) is 0.406. The normalized spacial score (nSPS) is 30.1. The van der Waals surface area contributed by atoms with Crippen molar-refractivity contribution in [3.8, 4) is 11.5 Å². The molecule has 1 saturated carbocycles. The summed E-state index contributed by atoms with van der Waals surface area (Å²) >= 11 is 0. The monoisotopic (exact) mass is 572 g/mol.